The first-order valence-electron chi connectivity index (χ1n) is 14.3. The van der Waals surface area contributed by atoms with Crippen LogP contribution in [0.25, 0.3) is 21.5 Å². The summed E-state index contributed by atoms with van der Waals surface area (Å²) in [5.41, 5.74) is 2.86. The van der Waals surface area contributed by atoms with Crippen LogP contribution < -0.4 is 9.47 Å². The molecule has 2 saturated heterocycles. The summed E-state index contributed by atoms with van der Waals surface area (Å²) < 4.78 is 21.7. The number of fused-ring (bicyclic) bond motifs is 2. The van der Waals surface area contributed by atoms with E-state index in [-0.39, 0.29) is 7.43 Å². The highest BCUT2D eigenvalue weighted by Gasteiger charge is 2.24. The number of ether oxygens (including phenoxy) is 4. The van der Waals surface area contributed by atoms with Crippen molar-refractivity contribution in [3.8, 4) is 11.5 Å². The summed E-state index contributed by atoms with van der Waals surface area (Å²) >= 11 is 0. The molecular formula is C37H42O4. The number of epoxide rings is 2. The van der Waals surface area contributed by atoms with Crippen molar-refractivity contribution in [3.05, 3.63) is 120 Å². The molecule has 7 rings (SSSR count). The molecule has 5 aromatic rings. The second-order valence-corrected chi connectivity index (χ2v) is 10.0. The number of aryl methyl sites for hydroxylation is 2. The van der Waals surface area contributed by atoms with Crippen LogP contribution in [-0.4, -0.2) is 38.6 Å². The lowest BCUT2D eigenvalue weighted by Gasteiger charge is -2.07. The monoisotopic (exact) mass is 550 g/mol. The summed E-state index contributed by atoms with van der Waals surface area (Å²) in [6.07, 6.45) is 2.90. The van der Waals surface area contributed by atoms with Gasteiger partial charge in [-0.2, -0.15) is 0 Å². The second kappa shape index (κ2) is 15.2. The Labute approximate surface area is 244 Å². The van der Waals surface area contributed by atoms with E-state index in [1.54, 1.807) is 0 Å². The van der Waals surface area contributed by atoms with Crippen molar-refractivity contribution in [2.75, 3.05) is 26.4 Å². The minimum Gasteiger partial charge on any atom is -0.490 e. The number of benzene rings is 5. The minimum atomic E-state index is 0. The topological polar surface area (TPSA) is 43.5 Å². The minimum absolute atomic E-state index is 0. The first-order chi connectivity index (χ1) is 19.7. The quantitative estimate of drug-likeness (QED) is 0.181. The summed E-state index contributed by atoms with van der Waals surface area (Å²) in [5.74, 6) is 1.90. The van der Waals surface area contributed by atoms with Gasteiger partial charge in [0.05, 0.1) is 13.2 Å². The predicted octanol–water partition coefficient (Wildman–Crippen LogP) is 8.68. The SMILES string of the molecule is C.CCc1ccc(CC)cc1.c1ccc2c(OCC3CO3)cccc2c1.c1ccc2c(OCC3CO3)cccc2c1. The van der Waals surface area contributed by atoms with Crippen LogP contribution in [0.3, 0.4) is 0 Å². The summed E-state index contributed by atoms with van der Waals surface area (Å²) in [6.45, 7) is 7.36. The molecule has 41 heavy (non-hydrogen) atoms. The summed E-state index contributed by atoms with van der Waals surface area (Å²) in [4.78, 5) is 0. The predicted molar refractivity (Wildman–Crippen MR) is 170 cm³/mol. The molecule has 0 spiro atoms. The van der Waals surface area contributed by atoms with Gasteiger partial charge >= 0.3 is 0 Å². The molecule has 2 atom stereocenters. The Hall–Kier alpha value is -3.86. The van der Waals surface area contributed by atoms with Crippen LogP contribution in [0.5, 0.6) is 11.5 Å². The molecule has 5 aromatic carbocycles. The summed E-state index contributed by atoms with van der Waals surface area (Å²) in [5, 5.41) is 4.76. The molecule has 2 heterocycles. The van der Waals surface area contributed by atoms with E-state index in [2.05, 4.69) is 74.5 Å². The van der Waals surface area contributed by atoms with Gasteiger partial charge in [-0.05, 0) is 46.9 Å². The maximum atomic E-state index is 5.72. The average molecular weight is 551 g/mol. The van der Waals surface area contributed by atoms with Gasteiger partial charge in [0.15, 0.2) is 0 Å². The van der Waals surface area contributed by atoms with Crippen LogP contribution in [0.4, 0.5) is 0 Å². The molecule has 2 aliphatic rings. The van der Waals surface area contributed by atoms with Crippen molar-refractivity contribution in [2.45, 2.75) is 46.3 Å². The fourth-order valence-electron chi connectivity index (χ4n) is 4.35. The lowest BCUT2D eigenvalue weighted by Crippen LogP contribution is -2.04. The Balaban J connectivity index is 0.000000143. The largest absolute Gasteiger partial charge is 0.490 e. The molecule has 2 fully saturated rings. The van der Waals surface area contributed by atoms with Gasteiger partial charge in [0.25, 0.3) is 0 Å². The molecule has 0 N–H and O–H groups in total. The van der Waals surface area contributed by atoms with Gasteiger partial charge in [0.1, 0.15) is 36.9 Å². The zero-order chi connectivity index (χ0) is 27.6. The Bertz CT molecular complexity index is 1360. The Morgan fingerprint density at radius 3 is 1.27 bits per heavy atom. The molecule has 4 nitrogen and oxygen atoms in total. The van der Waals surface area contributed by atoms with Crippen molar-refractivity contribution < 1.29 is 18.9 Å². The van der Waals surface area contributed by atoms with Gasteiger partial charge in [0.2, 0.25) is 0 Å². The third kappa shape index (κ3) is 9.07. The number of hydrogen-bond acceptors (Lipinski definition) is 4. The van der Waals surface area contributed by atoms with Crippen LogP contribution in [0, 0.1) is 0 Å². The van der Waals surface area contributed by atoms with Crippen LogP contribution in [0.15, 0.2) is 109 Å². The molecule has 214 valence electrons. The van der Waals surface area contributed by atoms with E-state index in [1.165, 1.54) is 32.7 Å². The third-order valence-corrected chi connectivity index (χ3v) is 6.99. The van der Waals surface area contributed by atoms with Gasteiger partial charge in [-0.1, -0.05) is 118 Å². The lowest BCUT2D eigenvalue weighted by atomic mass is 10.1. The second-order valence-electron chi connectivity index (χ2n) is 10.0. The van der Waals surface area contributed by atoms with Crippen molar-refractivity contribution in [1.29, 1.82) is 0 Å². The maximum Gasteiger partial charge on any atom is 0.127 e. The maximum absolute atomic E-state index is 5.72. The first kappa shape index (κ1) is 30.1. The van der Waals surface area contributed by atoms with Crippen molar-refractivity contribution in [3.63, 3.8) is 0 Å². The molecule has 0 radical (unpaired) electrons. The normalized spacial score (nSPS) is 16.3. The zero-order valence-electron chi connectivity index (χ0n) is 23.4. The van der Waals surface area contributed by atoms with Crippen molar-refractivity contribution in [2.24, 2.45) is 0 Å². The van der Waals surface area contributed by atoms with Gasteiger partial charge in [-0.3, -0.25) is 0 Å². The number of rotatable bonds is 8. The van der Waals surface area contributed by atoms with E-state index in [1.807, 2.05) is 48.5 Å². The number of hydrogen-bond donors (Lipinski definition) is 0. The Morgan fingerprint density at radius 1 is 0.537 bits per heavy atom. The van der Waals surface area contributed by atoms with Gasteiger partial charge < -0.3 is 18.9 Å². The summed E-state index contributed by atoms with van der Waals surface area (Å²) in [7, 11) is 0. The zero-order valence-corrected chi connectivity index (χ0v) is 23.4. The molecule has 0 bridgehead atoms. The molecule has 0 aromatic heterocycles. The van der Waals surface area contributed by atoms with Crippen LogP contribution in [-0.2, 0) is 22.3 Å². The molecular weight excluding hydrogens is 508 g/mol. The smallest absolute Gasteiger partial charge is 0.127 e. The van der Waals surface area contributed by atoms with Crippen LogP contribution in [0.1, 0.15) is 32.4 Å². The van der Waals surface area contributed by atoms with E-state index in [9.17, 15) is 0 Å². The Kier molecular flexibility index (Phi) is 11.2. The van der Waals surface area contributed by atoms with E-state index in [4.69, 9.17) is 18.9 Å². The first-order valence-corrected chi connectivity index (χ1v) is 14.3. The highest BCUT2D eigenvalue weighted by Crippen LogP contribution is 2.27. The lowest BCUT2D eigenvalue weighted by molar-refractivity contribution is 0.265. The van der Waals surface area contributed by atoms with Crippen molar-refractivity contribution in [1.82, 2.24) is 0 Å². The van der Waals surface area contributed by atoms with Gasteiger partial charge in [0, 0.05) is 10.8 Å². The van der Waals surface area contributed by atoms with Crippen LogP contribution >= 0.6 is 0 Å². The highest BCUT2D eigenvalue weighted by molar-refractivity contribution is 5.88. The van der Waals surface area contributed by atoms with E-state index in [0.29, 0.717) is 25.4 Å². The highest BCUT2D eigenvalue weighted by atomic mass is 16.6. The molecule has 0 amide bonds. The van der Waals surface area contributed by atoms with Crippen LogP contribution in [0.2, 0.25) is 0 Å². The van der Waals surface area contributed by atoms with Crippen molar-refractivity contribution >= 4 is 21.5 Å². The van der Waals surface area contributed by atoms with E-state index < -0.39 is 0 Å². The fraction of sp³-hybridized carbons (Fsp3) is 0.297. The summed E-state index contributed by atoms with van der Waals surface area (Å²) in [6, 6.07) is 37.5. The molecule has 0 saturated carbocycles. The standard InChI is InChI=1S/2C13H12O2.C10H14.CH4/c2*1-2-6-12-10(4-1)5-3-7-13(12)15-9-11-8-14-11;1-3-9-5-7-10(4-2)8-6-9;/h2*1-7,11H,8-9H2;5-8H,3-4H2,1-2H3;1H4. The fourth-order valence-corrected chi connectivity index (χ4v) is 4.35. The molecule has 0 aliphatic carbocycles. The van der Waals surface area contributed by atoms with Gasteiger partial charge in [-0.25, -0.2) is 0 Å². The average Bonchev–Trinajstić information content (AvgIpc) is 3.96. The molecule has 2 aliphatic heterocycles. The van der Waals surface area contributed by atoms with Gasteiger partial charge in [-0.15, -0.1) is 0 Å². The molecule has 4 heteroatoms. The Morgan fingerprint density at radius 2 is 0.902 bits per heavy atom. The van der Waals surface area contributed by atoms with E-state index >= 15 is 0 Å². The third-order valence-electron chi connectivity index (χ3n) is 6.99. The molecule has 2 unspecified atom stereocenters. The van der Waals surface area contributed by atoms with E-state index in [0.717, 1.165) is 37.6 Å².